The van der Waals surface area contributed by atoms with Gasteiger partial charge in [0.15, 0.2) is 0 Å². The number of benzene rings is 3. The molecule has 0 atom stereocenters. The lowest BCUT2D eigenvalue weighted by Gasteiger charge is -2.06. The van der Waals surface area contributed by atoms with Gasteiger partial charge in [0.2, 0.25) is 5.13 Å². The Hall–Kier alpha value is -3.61. The summed E-state index contributed by atoms with van der Waals surface area (Å²) in [7, 11) is 1.63. The lowest BCUT2D eigenvalue weighted by molar-refractivity contribution is 0.415. The van der Waals surface area contributed by atoms with Crippen LogP contribution < -0.4 is 10.1 Å². The second-order valence-corrected chi connectivity index (χ2v) is 8.31. The Balaban J connectivity index is 1.64. The maximum atomic E-state index is 10.0. The molecule has 2 aromatic heterocycles. The summed E-state index contributed by atoms with van der Waals surface area (Å²) in [5, 5.41) is 14.6. The summed E-state index contributed by atoms with van der Waals surface area (Å²) in [4.78, 5) is 9.44. The summed E-state index contributed by atoms with van der Waals surface area (Å²) in [5.74, 6) is 1.56. The van der Waals surface area contributed by atoms with Crippen LogP contribution in [0.2, 0.25) is 5.02 Å². The van der Waals surface area contributed by atoms with E-state index in [1.807, 2.05) is 60.0 Å². The van der Waals surface area contributed by atoms with Crippen LogP contribution in [0.1, 0.15) is 0 Å². The number of aromatic hydroxyl groups is 1. The molecule has 5 rings (SSSR count). The number of phenolic OH excluding ortho intramolecular Hbond substituents is 1. The van der Waals surface area contributed by atoms with Gasteiger partial charge in [0.25, 0.3) is 0 Å². The predicted octanol–water partition coefficient (Wildman–Crippen LogP) is 6.82. The van der Waals surface area contributed by atoms with Gasteiger partial charge in [-0.2, -0.15) is 0 Å². The molecule has 0 amide bonds. The molecule has 0 saturated heterocycles. The maximum absolute atomic E-state index is 10.0. The van der Waals surface area contributed by atoms with E-state index >= 15 is 0 Å². The first kappa shape index (κ1) is 20.3. The SMILES string of the molecule is COc1ccc(-c2cc(=Nc3nc(-c4ccc(Cl)cc4)cs3)c3cc(O)ccc3o2)cc1. The van der Waals surface area contributed by atoms with Gasteiger partial charge in [-0.05, 0) is 54.6 Å². The molecule has 0 aliphatic heterocycles. The number of thiazole rings is 1. The van der Waals surface area contributed by atoms with Crippen molar-refractivity contribution in [2.75, 3.05) is 7.11 Å². The third-order valence-corrected chi connectivity index (χ3v) is 5.94. The number of halogens is 1. The summed E-state index contributed by atoms with van der Waals surface area (Å²) < 4.78 is 11.3. The minimum atomic E-state index is 0.141. The molecule has 1 N–H and O–H groups in total. The molecule has 7 heteroatoms. The second-order valence-electron chi connectivity index (χ2n) is 7.04. The van der Waals surface area contributed by atoms with Crippen LogP contribution in [0.25, 0.3) is 33.6 Å². The quantitative estimate of drug-likeness (QED) is 0.319. The highest BCUT2D eigenvalue weighted by Crippen LogP contribution is 2.29. The standard InChI is InChI=1S/C25H17ClN2O3S/c1-30-19-9-4-16(5-10-19)24-13-21(20-12-18(29)8-11-23(20)31-24)27-25-28-22(14-32-25)15-2-6-17(26)7-3-15/h2-14,29H,1H3. The van der Waals surface area contributed by atoms with Gasteiger partial charge in [-0.3, -0.25) is 0 Å². The van der Waals surface area contributed by atoms with Gasteiger partial charge in [-0.15, -0.1) is 11.3 Å². The molecule has 158 valence electrons. The Kier molecular flexibility index (Phi) is 5.39. The lowest BCUT2D eigenvalue weighted by atomic mass is 10.1. The largest absolute Gasteiger partial charge is 0.508 e. The molecule has 32 heavy (non-hydrogen) atoms. The number of methoxy groups -OCH3 is 1. The number of hydrogen-bond acceptors (Lipinski definition) is 6. The molecule has 0 aliphatic carbocycles. The van der Waals surface area contributed by atoms with E-state index in [2.05, 4.69) is 4.98 Å². The zero-order valence-electron chi connectivity index (χ0n) is 16.9. The molecule has 0 unspecified atom stereocenters. The monoisotopic (exact) mass is 460 g/mol. The van der Waals surface area contributed by atoms with Crippen molar-refractivity contribution in [1.29, 1.82) is 0 Å². The lowest BCUT2D eigenvalue weighted by Crippen LogP contribution is -2.03. The number of aromatic nitrogens is 1. The Morgan fingerprint density at radius 2 is 1.72 bits per heavy atom. The fourth-order valence-corrected chi connectivity index (χ4v) is 4.15. The topological polar surface area (TPSA) is 67.9 Å². The first-order valence-corrected chi connectivity index (χ1v) is 11.0. The van der Waals surface area contributed by atoms with E-state index < -0.39 is 0 Å². The molecule has 0 aliphatic rings. The predicted molar refractivity (Wildman–Crippen MR) is 128 cm³/mol. The summed E-state index contributed by atoms with van der Waals surface area (Å²) >= 11 is 7.43. The van der Waals surface area contributed by atoms with Gasteiger partial charge < -0.3 is 14.3 Å². The van der Waals surface area contributed by atoms with E-state index in [4.69, 9.17) is 25.7 Å². The molecule has 0 bridgehead atoms. The van der Waals surface area contributed by atoms with Crippen LogP contribution in [0.15, 0.2) is 87.6 Å². The Morgan fingerprint density at radius 1 is 0.969 bits per heavy atom. The zero-order chi connectivity index (χ0) is 22.1. The number of phenols is 1. The number of hydrogen-bond donors (Lipinski definition) is 1. The smallest absolute Gasteiger partial charge is 0.210 e. The van der Waals surface area contributed by atoms with Crippen LogP contribution in [0.3, 0.4) is 0 Å². The molecule has 5 nitrogen and oxygen atoms in total. The van der Waals surface area contributed by atoms with Gasteiger partial charge in [0, 0.05) is 33.0 Å². The number of nitrogens with zero attached hydrogens (tertiary/aromatic N) is 2. The van der Waals surface area contributed by atoms with Gasteiger partial charge >= 0.3 is 0 Å². The van der Waals surface area contributed by atoms with Crippen molar-refractivity contribution in [3.05, 3.63) is 88.6 Å². The van der Waals surface area contributed by atoms with Crippen molar-refractivity contribution in [3.8, 4) is 34.1 Å². The Morgan fingerprint density at radius 3 is 2.47 bits per heavy atom. The van der Waals surface area contributed by atoms with Gasteiger partial charge in [0.1, 0.15) is 22.8 Å². The van der Waals surface area contributed by atoms with E-state index in [1.54, 1.807) is 25.3 Å². The van der Waals surface area contributed by atoms with Gasteiger partial charge in [-0.1, -0.05) is 23.7 Å². The fourth-order valence-electron chi connectivity index (χ4n) is 3.32. The minimum absolute atomic E-state index is 0.141. The van der Waals surface area contributed by atoms with Crippen LogP contribution >= 0.6 is 22.9 Å². The molecule has 5 aromatic rings. The molecule has 3 aromatic carbocycles. The van der Waals surface area contributed by atoms with Crippen molar-refractivity contribution in [2.24, 2.45) is 4.99 Å². The van der Waals surface area contributed by atoms with Crippen molar-refractivity contribution in [2.45, 2.75) is 0 Å². The zero-order valence-corrected chi connectivity index (χ0v) is 18.5. The van der Waals surface area contributed by atoms with Gasteiger partial charge in [0.05, 0.1) is 18.2 Å². The summed E-state index contributed by atoms with van der Waals surface area (Å²) in [5.41, 5.74) is 3.30. The van der Waals surface area contributed by atoms with E-state index in [-0.39, 0.29) is 5.75 Å². The van der Waals surface area contributed by atoms with Crippen molar-refractivity contribution >= 4 is 39.0 Å². The van der Waals surface area contributed by atoms with Crippen LogP contribution in [0, 0.1) is 0 Å². The summed E-state index contributed by atoms with van der Waals surface area (Å²) in [6.07, 6.45) is 0. The molecule has 2 heterocycles. The highest BCUT2D eigenvalue weighted by molar-refractivity contribution is 7.13. The van der Waals surface area contributed by atoms with Crippen LogP contribution in [-0.4, -0.2) is 17.2 Å². The maximum Gasteiger partial charge on any atom is 0.210 e. The van der Waals surface area contributed by atoms with Crippen molar-refractivity contribution in [1.82, 2.24) is 4.98 Å². The number of rotatable bonds is 4. The highest BCUT2D eigenvalue weighted by atomic mass is 35.5. The third kappa shape index (κ3) is 4.10. The molecular formula is C25H17ClN2O3S. The number of ether oxygens (including phenoxy) is 1. The third-order valence-electron chi connectivity index (χ3n) is 4.95. The Labute approximate surface area is 192 Å². The fraction of sp³-hybridized carbons (Fsp3) is 0.0400. The average Bonchev–Trinajstić information content (AvgIpc) is 3.28. The summed E-state index contributed by atoms with van der Waals surface area (Å²) in [6.45, 7) is 0. The Bertz CT molecular complexity index is 1470. The van der Waals surface area contributed by atoms with E-state index in [0.29, 0.717) is 32.2 Å². The molecular weight excluding hydrogens is 444 g/mol. The number of fused-ring (bicyclic) bond motifs is 1. The highest BCUT2D eigenvalue weighted by Gasteiger charge is 2.09. The first-order chi connectivity index (χ1) is 15.6. The van der Waals surface area contributed by atoms with Crippen molar-refractivity contribution < 1.29 is 14.3 Å². The van der Waals surface area contributed by atoms with Crippen LogP contribution in [-0.2, 0) is 0 Å². The normalized spacial score (nSPS) is 11.8. The van der Waals surface area contributed by atoms with E-state index in [0.717, 1.165) is 22.6 Å². The van der Waals surface area contributed by atoms with Crippen LogP contribution in [0.4, 0.5) is 5.13 Å². The first-order valence-electron chi connectivity index (χ1n) is 9.76. The van der Waals surface area contributed by atoms with E-state index in [1.165, 1.54) is 11.3 Å². The molecule has 0 fully saturated rings. The van der Waals surface area contributed by atoms with Crippen LogP contribution in [0.5, 0.6) is 11.5 Å². The molecule has 0 saturated carbocycles. The van der Waals surface area contributed by atoms with Gasteiger partial charge in [-0.25, -0.2) is 9.98 Å². The second kappa shape index (κ2) is 8.49. The van der Waals surface area contributed by atoms with E-state index in [9.17, 15) is 5.11 Å². The van der Waals surface area contributed by atoms with Crippen molar-refractivity contribution in [3.63, 3.8) is 0 Å². The molecule has 0 radical (unpaired) electrons. The minimum Gasteiger partial charge on any atom is -0.508 e. The average molecular weight is 461 g/mol. The molecule has 0 spiro atoms. The summed E-state index contributed by atoms with van der Waals surface area (Å²) in [6, 6.07) is 22.0.